The lowest BCUT2D eigenvalue weighted by Gasteiger charge is -2.21. The van der Waals surface area contributed by atoms with Crippen molar-refractivity contribution in [1.82, 2.24) is 5.32 Å². The highest BCUT2D eigenvalue weighted by Crippen LogP contribution is 2.47. The first-order valence-corrected chi connectivity index (χ1v) is 10.7. The molecule has 2 N–H and O–H groups in total. The van der Waals surface area contributed by atoms with Crippen molar-refractivity contribution in [3.63, 3.8) is 0 Å². The van der Waals surface area contributed by atoms with Crippen molar-refractivity contribution in [1.29, 1.82) is 0 Å². The molecule has 8 nitrogen and oxygen atoms in total. The fourth-order valence-electron chi connectivity index (χ4n) is 3.54. The smallest absolute Gasteiger partial charge is 0.325 e. The second-order valence-electron chi connectivity index (χ2n) is 7.38. The van der Waals surface area contributed by atoms with Gasteiger partial charge in [0.15, 0.2) is 18.1 Å². The van der Waals surface area contributed by atoms with Gasteiger partial charge in [-0.2, -0.15) is 0 Å². The highest BCUT2D eigenvalue weighted by molar-refractivity contribution is 9.10. The summed E-state index contributed by atoms with van der Waals surface area (Å²) in [6, 6.07) is 11.8. The summed E-state index contributed by atoms with van der Waals surface area (Å²) in [5.74, 6) is -0.938. The van der Waals surface area contributed by atoms with Crippen molar-refractivity contribution < 1.29 is 28.6 Å². The molecule has 0 unspecified atom stereocenters. The summed E-state index contributed by atoms with van der Waals surface area (Å²) in [6.45, 7) is -0.806. The number of carbonyl (C=O) groups is 3. The van der Waals surface area contributed by atoms with Crippen LogP contribution in [0.4, 0.5) is 5.69 Å². The predicted molar refractivity (Wildman–Crippen MR) is 115 cm³/mol. The van der Waals surface area contributed by atoms with E-state index in [1.165, 1.54) is 0 Å². The molecule has 1 spiro atoms. The Balaban J connectivity index is 1.21. The summed E-state index contributed by atoms with van der Waals surface area (Å²) in [5, 5.41) is 5.11. The fraction of sp³-hybridized carbons (Fsp3) is 0.318. The van der Waals surface area contributed by atoms with Crippen LogP contribution in [0, 0.1) is 0 Å². The van der Waals surface area contributed by atoms with Gasteiger partial charge in [-0.25, -0.2) is 0 Å². The van der Waals surface area contributed by atoms with Gasteiger partial charge in [-0.15, -0.1) is 0 Å². The van der Waals surface area contributed by atoms with Crippen LogP contribution in [-0.2, 0) is 14.3 Å². The average Bonchev–Trinajstić information content (AvgIpc) is 3.36. The van der Waals surface area contributed by atoms with E-state index in [-0.39, 0.29) is 6.54 Å². The normalized spacial score (nSPS) is 15.5. The molecule has 0 bridgehead atoms. The highest BCUT2D eigenvalue weighted by Gasteiger charge is 2.44. The van der Waals surface area contributed by atoms with Crippen molar-refractivity contribution in [3.8, 4) is 11.5 Å². The Morgan fingerprint density at radius 1 is 1.00 bits per heavy atom. The van der Waals surface area contributed by atoms with Gasteiger partial charge in [0.2, 0.25) is 0 Å². The van der Waals surface area contributed by atoms with Crippen molar-refractivity contribution in [2.45, 2.75) is 31.5 Å². The number of carbonyl (C=O) groups excluding carboxylic acids is 3. The van der Waals surface area contributed by atoms with Crippen molar-refractivity contribution in [3.05, 3.63) is 52.5 Å². The highest BCUT2D eigenvalue weighted by atomic mass is 79.9. The lowest BCUT2D eigenvalue weighted by molar-refractivity contribution is -0.146. The number of esters is 1. The summed E-state index contributed by atoms with van der Waals surface area (Å²) in [7, 11) is 0. The Hall–Kier alpha value is -3.07. The van der Waals surface area contributed by atoms with Crippen LogP contribution in [0.25, 0.3) is 0 Å². The van der Waals surface area contributed by atoms with Gasteiger partial charge in [-0.3, -0.25) is 14.4 Å². The third kappa shape index (κ3) is 5.16. The van der Waals surface area contributed by atoms with Crippen LogP contribution in [0.2, 0.25) is 0 Å². The first-order chi connectivity index (χ1) is 14.9. The average molecular weight is 489 g/mol. The molecule has 1 aliphatic carbocycles. The third-order valence-corrected chi connectivity index (χ3v) is 5.58. The minimum absolute atomic E-state index is 0.339. The van der Waals surface area contributed by atoms with Crippen LogP contribution >= 0.6 is 15.9 Å². The van der Waals surface area contributed by atoms with E-state index in [1.54, 1.807) is 42.5 Å². The summed E-state index contributed by atoms with van der Waals surface area (Å²) in [5.41, 5.74) is 0.929. The quantitative estimate of drug-likeness (QED) is 0.604. The number of ether oxygens (including phenoxy) is 3. The van der Waals surface area contributed by atoms with E-state index in [0.29, 0.717) is 22.7 Å². The van der Waals surface area contributed by atoms with Gasteiger partial charge < -0.3 is 24.8 Å². The monoisotopic (exact) mass is 488 g/mol. The molecule has 9 heteroatoms. The second kappa shape index (κ2) is 8.97. The van der Waals surface area contributed by atoms with Crippen molar-refractivity contribution >= 4 is 39.4 Å². The molecule has 1 aliphatic heterocycles. The molecule has 0 saturated heterocycles. The zero-order valence-corrected chi connectivity index (χ0v) is 18.2. The van der Waals surface area contributed by atoms with Crippen LogP contribution in [-0.4, -0.2) is 36.7 Å². The molecule has 2 aromatic rings. The molecule has 162 valence electrons. The minimum atomic E-state index is -0.713. The lowest BCUT2D eigenvalue weighted by atomic mass is 10.2. The van der Waals surface area contributed by atoms with Gasteiger partial charge in [-0.1, -0.05) is 15.9 Å². The van der Waals surface area contributed by atoms with Gasteiger partial charge in [0.25, 0.3) is 17.6 Å². The minimum Gasteiger partial charge on any atom is -0.454 e. The Morgan fingerprint density at radius 3 is 2.45 bits per heavy atom. The lowest BCUT2D eigenvalue weighted by Crippen LogP contribution is -2.34. The molecule has 4 rings (SSSR count). The van der Waals surface area contributed by atoms with E-state index in [2.05, 4.69) is 26.6 Å². The molecule has 1 saturated carbocycles. The molecule has 2 aromatic carbocycles. The Morgan fingerprint density at radius 2 is 1.71 bits per heavy atom. The maximum atomic E-state index is 12.1. The zero-order chi connectivity index (χ0) is 21.8. The van der Waals surface area contributed by atoms with E-state index in [9.17, 15) is 14.4 Å². The SMILES string of the molecule is O=C(COC(=O)CNC(=O)c1ccc(Br)cc1)Nc1ccc2c(c1)OC1(CCCC1)O2. The van der Waals surface area contributed by atoms with E-state index in [1.807, 2.05) is 0 Å². The molecular weight excluding hydrogens is 468 g/mol. The van der Waals surface area contributed by atoms with Crippen LogP contribution in [0.15, 0.2) is 46.9 Å². The fourth-order valence-corrected chi connectivity index (χ4v) is 3.80. The number of nitrogens with one attached hydrogen (secondary N) is 2. The van der Waals surface area contributed by atoms with E-state index in [0.717, 1.165) is 30.2 Å². The molecule has 0 radical (unpaired) electrons. The first kappa shape index (κ1) is 21.2. The van der Waals surface area contributed by atoms with Crippen LogP contribution in [0.3, 0.4) is 0 Å². The first-order valence-electron chi connectivity index (χ1n) is 9.94. The van der Waals surface area contributed by atoms with Crippen molar-refractivity contribution in [2.75, 3.05) is 18.5 Å². The number of benzene rings is 2. The molecular formula is C22H21BrN2O6. The molecule has 1 heterocycles. The topological polar surface area (TPSA) is 103 Å². The Kier molecular flexibility index (Phi) is 6.13. The van der Waals surface area contributed by atoms with Gasteiger partial charge in [0.05, 0.1) is 0 Å². The number of fused-ring (bicyclic) bond motifs is 1. The van der Waals surface area contributed by atoms with Gasteiger partial charge >= 0.3 is 5.97 Å². The number of halogens is 1. The van der Waals surface area contributed by atoms with Gasteiger partial charge in [-0.05, 0) is 49.2 Å². The molecule has 0 atom stereocenters. The maximum Gasteiger partial charge on any atom is 0.325 e. The zero-order valence-electron chi connectivity index (χ0n) is 16.6. The molecule has 2 amide bonds. The van der Waals surface area contributed by atoms with E-state index in [4.69, 9.17) is 14.2 Å². The third-order valence-electron chi connectivity index (χ3n) is 5.05. The summed E-state index contributed by atoms with van der Waals surface area (Å²) in [6.07, 6.45) is 3.81. The van der Waals surface area contributed by atoms with Crippen LogP contribution in [0.5, 0.6) is 11.5 Å². The van der Waals surface area contributed by atoms with E-state index < -0.39 is 30.2 Å². The largest absolute Gasteiger partial charge is 0.454 e. The number of amides is 2. The van der Waals surface area contributed by atoms with Crippen LogP contribution in [0.1, 0.15) is 36.0 Å². The summed E-state index contributed by atoms with van der Waals surface area (Å²) in [4.78, 5) is 35.9. The maximum absolute atomic E-state index is 12.1. The standard InChI is InChI=1S/C22H21BrN2O6/c23-15-5-3-14(4-6-15)21(28)24-12-20(27)29-13-19(26)25-16-7-8-17-18(11-16)31-22(30-17)9-1-2-10-22/h3-8,11H,1-2,9-10,12-13H2,(H,24,28)(H,25,26). The van der Waals surface area contributed by atoms with Crippen LogP contribution < -0.4 is 20.1 Å². The van der Waals surface area contributed by atoms with Gasteiger partial charge in [0, 0.05) is 34.6 Å². The van der Waals surface area contributed by atoms with Crippen molar-refractivity contribution in [2.24, 2.45) is 0 Å². The van der Waals surface area contributed by atoms with E-state index >= 15 is 0 Å². The number of rotatable bonds is 6. The number of hydrogen-bond donors (Lipinski definition) is 2. The Bertz CT molecular complexity index is 1000. The number of hydrogen-bond acceptors (Lipinski definition) is 6. The summed E-state index contributed by atoms with van der Waals surface area (Å²) < 4.78 is 17.7. The summed E-state index contributed by atoms with van der Waals surface area (Å²) >= 11 is 3.29. The van der Waals surface area contributed by atoms with Gasteiger partial charge in [0.1, 0.15) is 6.54 Å². The molecule has 0 aromatic heterocycles. The predicted octanol–water partition coefficient (Wildman–Crippen LogP) is 3.40. The Labute approximate surface area is 187 Å². The molecule has 2 aliphatic rings. The number of anilines is 1. The second-order valence-corrected chi connectivity index (χ2v) is 8.30. The molecule has 31 heavy (non-hydrogen) atoms. The molecule has 1 fully saturated rings.